The summed E-state index contributed by atoms with van der Waals surface area (Å²) in [6, 6.07) is 14.8. The average Bonchev–Trinajstić information content (AvgIpc) is 2.93. The largest absolute Gasteiger partial charge is 0.481 e. The monoisotopic (exact) mass is 341 g/mol. The van der Waals surface area contributed by atoms with Crippen LogP contribution in [0.4, 0.5) is 0 Å². The van der Waals surface area contributed by atoms with Crippen LogP contribution in [-0.4, -0.2) is 30.6 Å². The second kappa shape index (κ2) is 7.85. The minimum Gasteiger partial charge on any atom is -0.481 e. The quantitative estimate of drug-likeness (QED) is 0.756. The molecule has 0 aliphatic carbocycles. The molecule has 3 N–H and O–H groups in total. The van der Waals surface area contributed by atoms with Crippen LogP contribution >= 0.6 is 0 Å². The molecule has 2 aromatic carbocycles. The Labute approximate surface area is 149 Å². The molecule has 1 amide bonds. The van der Waals surface area contributed by atoms with Gasteiger partial charge in [-0.2, -0.15) is 0 Å². The Morgan fingerprint density at radius 1 is 1.12 bits per heavy atom. The van der Waals surface area contributed by atoms with E-state index in [9.17, 15) is 4.79 Å². The Bertz CT molecular complexity index is 724. The summed E-state index contributed by atoms with van der Waals surface area (Å²) in [7, 11) is 0. The van der Waals surface area contributed by atoms with Crippen LogP contribution in [-0.2, 0) is 4.79 Å². The predicted molar refractivity (Wildman–Crippen MR) is 100 cm³/mol. The highest BCUT2D eigenvalue weighted by molar-refractivity contribution is 5.84. The summed E-state index contributed by atoms with van der Waals surface area (Å²) >= 11 is 0. The van der Waals surface area contributed by atoms with Gasteiger partial charge < -0.3 is 10.1 Å². The Hall–Kier alpha value is -2.11. The van der Waals surface area contributed by atoms with Gasteiger partial charge in [0.25, 0.3) is 5.91 Å². The fraction of sp³-hybridized carbons (Fsp3) is 0.450. The standard InChI is InChI=1S/C20H27N3O2/c1-13-19(14(2)23-22-13)10-11-21-20(24)15(3)25-18-9-8-16-6-4-5-7-17(16)12-18/h4-9,12-15,19,22-23H,10-11H2,1-3H3,(H,21,24). The SMILES string of the molecule is CC(Oc1ccc2ccccc2c1)C(=O)NCCC1C(C)NNC1C. The van der Waals surface area contributed by atoms with E-state index in [1.54, 1.807) is 6.92 Å². The number of carbonyl (C=O) groups excluding carboxylic acids is 1. The Balaban J connectivity index is 1.50. The topological polar surface area (TPSA) is 62.4 Å². The highest BCUT2D eigenvalue weighted by atomic mass is 16.5. The van der Waals surface area contributed by atoms with E-state index < -0.39 is 6.10 Å². The minimum atomic E-state index is -0.518. The first-order valence-corrected chi connectivity index (χ1v) is 8.99. The lowest BCUT2D eigenvalue weighted by atomic mass is 9.93. The Morgan fingerprint density at radius 2 is 1.80 bits per heavy atom. The number of hydrogen-bond donors (Lipinski definition) is 3. The van der Waals surface area contributed by atoms with Gasteiger partial charge in [-0.05, 0) is 56.0 Å². The zero-order valence-electron chi connectivity index (χ0n) is 15.1. The first-order valence-electron chi connectivity index (χ1n) is 8.99. The molecule has 0 bridgehead atoms. The smallest absolute Gasteiger partial charge is 0.260 e. The fourth-order valence-electron chi connectivity index (χ4n) is 3.41. The molecule has 3 unspecified atom stereocenters. The summed E-state index contributed by atoms with van der Waals surface area (Å²) in [4.78, 5) is 12.3. The number of nitrogens with one attached hydrogen (secondary N) is 3. The van der Waals surface area contributed by atoms with Gasteiger partial charge in [0.15, 0.2) is 6.10 Å². The summed E-state index contributed by atoms with van der Waals surface area (Å²) in [5.74, 6) is 1.15. The van der Waals surface area contributed by atoms with E-state index in [1.807, 2.05) is 36.4 Å². The van der Waals surface area contributed by atoms with Crippen LogP contribution < -0.4 is 20.9 Å². The molecule has 1 fully saturated rings. The zero-order chi connectivity index (χ0) is 17.8. The number of hydrogen-bond acceptors (Lipinski definition) is 4. The molecule has 3 atom stereocenters. The van der Waals surface area contributed by atoms with Gasteiger partial charge in [0.1, 0.15) is 5.75 Å². The Kier molecular flexibility index (Phi) is 5.56. The molecule has 0 radical (unpaired) electrons. The lowest BCUT2D eigenvalue weighted by Gasteiger charge is -2.19. The molecule has 0 aromatic heterocycles. The fourth-order valence-corrected chi connectivity index (χ4v) is 3.41. The maximum atomic E-state index is 12.3. The molecule has 1 heterocycles. The van der Waals surface area contributed by atoms with Crippen molar-refractivity contribution in [2.24, 2.45) is 5.92 Å². The van der Waals surface area contributed by atoms with E-state index in [1.165, 1.54) is 0 Å². The van der Waals surface area contributed by atoms with Gasteiger partial charge in [-0.3, -0.25) is 15.6 Å². The first kappa shape index (κ1) is 17.7. The number of amides is 1. The maximum absolute atomic E-state index is 12.3. The molecular weight excluding hydrogens is 314 g/mol. The number of benzene rings is 2. The molecule has 0 saturated carbocycles. The van der Waals surface area contributed by atoms with Crippen molar-refractivity contribution in [3.63, 3.8) is 0 Å². The van der Waals surface area contributed by atoms with Gasteiger partial charge in [0.2, 0.25) is 0 Å². The minimum absolute atomic E-state index is 0.0765. The van der Waals surface area contributed by atoms with Crippen molar-refractivity contribution in [1.82, 2.24) is 16.2 Å². The van der Waals surface area contributed by atoms with Crippen LogP contribution in [0.15, 0.2) is 42.5 Å². The lowest BCUT2D eigenvalue weighted by molar-refractivity contribution is -0.127. The molecule has 1 saturated heterocycles. The maximum Gasteiger partial charge on any atom is 0.260 e. The van der Waals surface area contributed by atoms with Crippen LogP contribution in [0, 0.1) is 5.92 Å². The van der Waals surface area contributed by atoms with Gasteiger partial charge in [-0.25, -0.2) is 0 Å². The van der Waals surface area contributed by atoms with Crippen molar-refractivity contribution in [2.45, 2.75) is 45.4 Å². The van der Waals surface area contributed by atoms with E-state index in [0.717, 1.165) is 17.2 Å². The van der Waals surface area contributed by atoms with Crippen molar-refractivity contribution in [1.29, 1.82) is 0 Å². The normalized spacial score (nSPS) is 24.2. The molecule has 1 aliphatic rings. The molecule has 1 aliphatic heterocycles. The number of ether oxygens (including phenoxy) is 1. The summed E-state index contributed by atoms with van der Waals surface area (Å²) in [6.07, 6.45) is 0.423. The second-order valence-corrected chi connectivity index (χ2v) is 6.88. The third-order valence-electron chi connectivity index (χ3n) is 5.00. The molecule has 5 nitrogen and oxygen atoms in total. The average molecular weight is 341 g/mol. The van der Waals surface area contributed by atoms with Crippen molar-refractivity contribution in [3.8, 4) is 5.75 Å². The van der Waals surface area contributed by atoms with Crippen molar-refractivity contribution >= 4 is 16.7 Å². The predicted octanol–water partition coefficient (Wildman–Crippen LogP) is 2.61. The number of hydrazine groups is 1. The number of fused-ring (bicyclic) bond motifs is 1. The van der Waals surface area contributed by atoms with Crippen LogP contribution in [0.5, 0.6) is 5.75 Å². The van der Waals surface area contributed by atoms with E-state index in [2.05, 4.69) is 36.1 Å². The summed E-state index contributed by atoms with van der Waals surface area (Å²) in [5, 5.41) is 5.26. The molecule has 2 aromatic rings. The van der Waals surface area contributed by atoms with Crippen LogP contribution in [0.3, 0.4) is 0 Å². The second-order valence-electron chi connectivity index (χ2n) is 6.88. The first-order chi connectivity index (χ1) is 12.0. The van der Waals surface area contributed by atoms with Crippen LogP contribution in [0.25, 0.3) is 10.8 Å². The van der Waals surface area contributed by atoms with Gasteiger partial charge in [0, 0.05) is 18.6 Å². The van der Waals surface area contributed by atoms with Gasteiger partial charge in [0.05, 0.1) is 0 Å². The van der Waals surface area contributed by atoms with Gasteiger partial charge >= 0.3 is 0 Å². The van der Waals surface area contributed by atoms with Crippen molar-refractivity contribution < 1.29 is 9.53 Å². The third-order valence-corrected chi connectivity index (χ3v) is 5.00. The molecule has 134 valence electrons. The van der Waals surface area contributed by atoms with Crippen LogP contribution in [0.1, 0.15) is 27.2 Å². The van der Waals surface area contributed by atoms with E-state index in [0.29, 0.717) is 30.3 Å². The molecule has 5 heteroatoms. The zero-order valence-corrected chi connectivity index (χ0v) is 15.1. The van der Waals surface area contributed by atoms with Gasteiger partial charge in [-0.15, -0.1) is 0 Å². The third kappa shape index (κ3) is 4.30. The molecule has 3 rings (SSSR count). The lowest BCUT2D eigenvalue weighted by Crippen LogP contribution is -2.38. The van der Waals surface area contributed by atoms with E-state index >= 15 is 0 Å². The summed E-state index contributed by atoms with van der Waals surface area (Å²) in [6.45, 7) is 6.77. The molecule has 0 spiro atoms. The van der Waals surface area contributed by atoms with E-state index in [4.69, 9.17) is 4.74 Å². The molecule has 25 heavy (non-hydrogen) atoms. The van der Waals surface area contributed by atoms with Crippen molar-refractivity contribution in [3.05, 3.63) is 42.5 Å². The highest BCUT2D eigenvalue weighted by Crippen LogP contribution is 2.21. The molecular formula is C20H27N3O2. The van der Waals surface area contributed by atoms with Crippen LogP contribution in [0.2, 0.25) is 0 Å². The summed E-state index contributed by atoms with van der Waals surface area (Å²) < 4.78 is 5.81. The number of carbonyl (C=O) groups is 1. The highest BCUT2D eigenvalue weighted by Gasteiger charge is 2.29. The van der Waals surface area contributed by atoms with Crippen molar-refractivity contribution in [2.75, 3.05) is 6.54 Å². The van der Waals surface area contributed by atoms with Gasteiger partial charge in [-0.1, -0.05) is 30.3 Å². The number of rotatable bonds is 6. The van der Waals surface area contributed by atoms with E-state index in [-0.39, 0.29) is 5.91 Å². The Morgan fingerprint density at radius 3 is 2.52 bits per heavy atom. The summed E-state index contributed by atoms with van der Waals surface area (Å²) in [5.41, 5.74) is 6.48.